The quantitative estimate of drug-likeness (QED) is 0.895. The van der Waals surface area contributed by atoms with E-state index in [4.69, 9.17) is 5.73 Å². The molecule has 108 valence electrons. The molecule has 0 aromatic heterocycles. The van der Waals surface area contributed by atoms with Gasteiger partial charge in [-0.1, -0.05) is 29.8 Å². The third-order valence-corrected chi connectivity index (χ3v) is 4.61. The second-order valence-electron chi connectivity index (χ2n) is 6.71. The van der Waals surface area contributed by atoms with E-state index in [0.717, 1.165) is 25.7 Å². The van der Waals surface area contributed by atoms with Crippen LogP contribution in [0.25, 0.3) is 0 Å². The fraction of sp³-hybridized carbons (Fsp3) is 0.588. The molecule has 1 amide bonds. The van der Waals surface area contributed by atoms with Crippen molar-refractivity contribution in [2.75, 3.05) is 0 Å². The van der Waals surface area contributed by atoms with Crippen LogP contribution in [-0.2, 0) is 11.3 Å². The lowest BCUT2D eigenvalue weighted by atomic mass is 9.95. The fourth-order valence-corrected chi connectivity index (χ4v) is 2.81. The van der Waals surface area contributed by atoms with Crippen LogP contribution in [-0.4, -0.2) is 22.4 Å². The zero-order valence-corrected chi connectivity index (χ0v) is 12.4. The molecule has 0 radical (unpaired) electrons. The first-order valence-corrected chi connectivity index (χ1v) is 7.64. The van der Waals surface area contributed by atoms with Gasteiger partial charge in [0, 0.05) is 12.6 Å². The molecule has 0 aliphatic heterocycles. The van der Waals surface area contributed by atoms with Crippen molar-refractivity contribution in [3.8, 4) is 0 Å². The van der Waals surface area contributed by atoms with Crippen molar-refractivity contribution in [3.63, 3.8) is 0 Å². The second kappa shape index (κ2) is 4.88. The monoisotopic (exact) mass is 272 g/mol. The van der Waals surface area contributed by atoms with Crippen LogP contribution in [0.2, 0.25) is 0 Å². The Morgan fingerprint density at radius 3 is 2.35 bits per heavy atom. The first kappa shape index (κ1) is 13.6. The molecular formula is C17H24N2O. The first-order chi connectivity index (χ1) is 9.48. The van der Waals surface area contributed by atoms with Crippen LogP contribution in [0, 0.1) is 12.8 Å². The maximum atomic E-state index is 12.8. The molecule has 2 aliphatic carbocycles. The maximum Gasteiger partial charge on any atom is 0.243 e. The number of carbonyl (C=O) groups excluding carboxylic acids is 1. The van der Waals surface area contributed by atoms with Gasteiger partial charge in [-0.15, -0.1) is 0 Å². The van der Waals surface area contributed by atoms with E-state index in [1.54, 1.807) is 0 Å². The third-order valence-electron chi connectivity index (χ3n) is 4.61. The average Bonchev–Trinajstić information content (AvgIpc) is 3.29. The van der Waals surface area contributed by atoms with E-state index >= 15 is 0 Å². The van der Waals surface area contributed by atoms with E-state index in [2.05, 4.69) is 31.2 Å². The van der Waals surface area contributed by atoms with Crippen LogP contribution >= 0.6 is 0 Å². The van der Waals surface area contributed by atoms with Crippen molar-refractivity contribution in [1.82, 2.24) is 4.90 Å². The summed E-state index contributed by atoms with van der Waals surface area (Å²) in [5, 5.41) is 0. The van der Waals surface area contributed by atoms with Crippen molar-refractivity contribution in [1.29, 1.82) is 0 Å². The lowest BCUT2D eigenvalue weighted by Gasteiger charge is -2.32. The summed E-state index contributed by atoms with van der Waals surface area (Å²) in [6.07, 6.45) is 4.44. The molecule has 0 bridgehead atoms. The van der Waals surface area contributed by atoms with Gasteiger partial charge in [-0.25, -0.2) is 0 Å². The highest BCUT2D eigenvalue weighted by Crippen LogP contribution is 2.41. The van der Waals surface area contributed by atoms with Gasteiger partial charge in [0.1, 0.15) is 0 Å². The summed E-state index contributed by atoms with van der Waals surface area (Å²) in [4.78, 5) is 14.8. The molecule has 3 rings (SSSR count). The predicted octanol–water partition coefficient (Wildman–Crippen LogP) is 2.61. The second-order valence-corrected chi connectivity index (χ2v) is 6.71. The van der Waals surface area contributed by atoms with Crippen molar-refractivity contribution >= 4 is 5.91 Å². The minimum absolute atomic E-state index is 0.142. The van der Waals surface area contributed by atoms with Crippen molar-refractivity contribution in [2.45, 2.75) is 57.7 Å². The number of aryl methyl sites for hydroxylation is 1. The number of nitrogens with two attached hydrogens (primary N) is 1. The van der Waals surface area contributed by atoms with Gasteiger partial charge < -0.3 is 10.6 Å². The molecule has 0 saturated heterocycles. The molecule has 2 aliphatic rings. The highest BCUT2D eigenvalue weighted by Gasteiger charge is 2.48. The number of nitrogens with zero attached hydrogens (tertiary/aromatic N) is 1. The molecule has 2 fully saturated rings. The van der Waals surface area contributed by atoms with Crippen LogP contribution in [0.5, 0.6) is 0 Å². The summed E-state index contributed by atoms with van der Waals surface area (Å²) in [6, 6.07) is 8.85. The van der Waals surface area contributed by atoms with E-state index in [1.165, 1.54) is 11.1 Å². The number of carbonyl (C=O) groups is 1. The van der Waals surface area contributed by atoms with Gasteiger partial charge in [0.2, 0.25) is 5.91 Å². The Kier molecular flexibility index (Phi) is 3.33. The van der Waals surface area contributed by atoms with Crippen molar-refractivity contribution in [2.24, 2.45) is 11.7 Å². The van der Waals surface area contributed by atoms with Crippen LogP contribution in [0.3, 0.4) is 0 Å². The third kappa shape index (κ3) is 2.73. The Bertz CT molecular complexity index is 498. The SMILES string of the molecule is Cc1ccc(CN(C(=O)C(C)(N)C2CC2)C2CC2)cc1. The maximum absolute atomic E-state index is 12.8. The number of hydrogen-bond donors (Lipinski definition) is 1. The summed E-state index contributed by atoms with van der Waals surface area (Å²) in [7, 11) is 0. The Labute approximate surface area is 121 Å². The topological polar surface area (TPSA) is 46.3 Å². The largest absolute Gasteiger partial charge is 0.334 e. The van der Waals surface area contributed by atoms with Crippen LogP contribution in [0.15, 0.2) is 24.3 Å². The first-order valence-electron chi connectivity index (χ1n) is 7.64. The fourth-order valence-electron chi connectivity index (χ4n) is 2.81. The Morgan fingerprint density at radius 1 is 1.25 bits per heavy atom. The zero-order chi connectivity index (χ0) is 14.3. The molecule has 1 aromatic carbocycles. The van der Waals surface area contributed by atoms with Gasteiger partial charge in [0.05, 0.1) is 5.54 Å². The highest BCUT2D eigenvalue weighted by atomic mass is 16.2. The molecule has 1 unspecified atom stereocenters. The lowest BCUT2D eigenvalue weighted by Crippen LogP contribution is -2.55. The molecule has 3 nitrogen and oxygen atoms in total. The van der Waals surface area contributed by atoms with Crippen LogP contribution < -0.4 is 5.73 Å². The van der Waals surface area contributed by atoms with Gasteiger partial charge in [-0.3, -0.25) is 4.79 Å². The van der Waals surface area contributed by atoms with Gasteiger partial charge in [-0.05, 0) is 51.0 Å². The van der Waals surface area contributed by atoms with Crippen LogP contribution in [0.1, 0.15) is 43.7 Å². The number of hydrogen-bond acceptors (Lipinski definition) is 2. The molecule has 0 spiro atoms. The van der Waals surface area contributed by atoms with E-state index in [1.807, 2.05) is 11.8 Å². The van der Waals surface area contributed by atoms with Gasteiger partial charge >= 0.3 is 0 Å². The zero-order valence-electron chi connectivity index (χ0n) is 12.4. The molecule has 1 aromatic rings. The Hall–Kier alpha value is -1.35. The summed E-state index contributed by atoms with van der Waals surface area (Å²) in [5.41, 5.74) is 8.09. The van der Waals surface area contributed by atoms with Gasteiger partial charge in [0.15, 0.2) is 0 Å². The normalized spacial score (nSPS) is 21.4. The minimum atomic E-state index is -0.673. The summed E-state index contributed by atoms with van der Waals surface area (Å²) in [6.45, 7) is 4.69. The number of benzene rings is 1. The molecule has 20 heavy (non-hydrogen) atoms. The molecular weight excluding hydrogens is 248 g/mol. The Morgan fingerprint density at radius 2 is 1.85 bits per heavy atom. The van der Waals surface area contributed by atoms with Crippen molar-refractivity contribution < 1.29 is 4.79 Å². The Balaban J connectivity index is 1.75. The van der Waals surface area contributed by atoms with E-state index in [-0.39, 0.29) is 5.91 Å². The van der Waals surface area contributed by atoms with Gasteiger partial charge in [-0.2, -0.15) is 0 Å². The summed E-state index contributed by atoms with van der Waals surface area (Å²) < 4.78 is 0. The minimum Gasteiger partial charge on any atom is -0.334 e. The van der Waals surface area contributed by atoms with Gasteiger partial charge in [0.25, 0.3) is 0 Å². The number of amides is 1. The molecule has 1 atom stereocenters. The standard InChI is InChI=1S/C17H24N2O/c1-12-3-5-13(6-4-12)11-19(15-9-10-15)16(20)17(2,18)14-7-8-14/h3-6,14-15H,7-11,18H2,1-2H3. The number of rotatable bonds is 5. The molecule has 2 N–H and O–H groups in total. The van der Waals surface area contributed by atoms with E-state index in [9.17, 15) is 4.79 Å². The van der Waals surface area contributed by atoms with Crippen LogP contribution in [0.4, 0.5) is 0 Å². The van der Waals surface area contributed by atoms with E-state index in [0.29, 0.717) is 18.5 Å². The molecule has 3 heteroatoms. The summed E-state index contributed by atoms with van der Waals surface area (Å²) in [5.74, 6) is 0.525. The predicted molar refractivity (Wildman–Crippen MR) is 80.1 cm³/mol. The smallest absolute Gasteiger partial charge is 0.243 e. The lowest BCUT2D eigenvalue weighted by molar-refractivity contribution is -0.138. The summed E-state index contributed by atoms with van der Waals surface area (Å²) >= 11 is 0. The van der Waals surface area contributed by atoms with Crippen molar-refractivity contribution in [3.05, 3.63) is 35.4 Å². The highest BCUT2D eigenvalue weighted by molar-refractivity contribution is 5.87. The average molecular weight is 272 g/mol. The molecule has 2 saturated carbocycles. The van der Waals surface area contributed by atoms with E-state index < -0.39 is 5.54 Å². The molecule has 0 heterocycles.